The van der Waals surface area contributed by atoms with Gasteiger partial charge in [0, 0.05) is 35.6 Å². The number of carbonyl (C=O) groups is 1. The molecule has 0 N–H and O–H groups in total. The Labute approximate surface area is 185 Å². The Morgan fingerprint density at radius 3 is 2.67 bits per heavy atom. The van der Waals surface area contributed by atoms with Crippen LogP contribution in [0.25, 0.3) is 0 Å². The zero-order valence-electron chi connectivity index (χ0n) is 18.5. The molecule has 0 spiro atoms. The molecule has 5 rings (SSSR count). The topological polar surface area (TPSA) is 36.4 Å². The third kappa shape index (κ3) is 4.12. The lowest BCUT2D eigenvalue weighted by Gasteiger charge is -2.43. The van der Waals surface area contributed by atoms with Crippen molar-refractivity contribution in [2.24, 2.45) is 5.92 Å². The maximum atomic E-state index is 13.3. The normalized spacial score (nSPS) is 31.3. The van der Waals surface area contributed by atoms with Gasteiger partial charge in [0.05, 0.1) is 5.01 Å². The maximum absolute atomic E-state index is 13.3. The summed E-state index contributed by atoms with van der Waals surface area (Å²) < 4.78 is 0. The average Bonchev–Trinajstić information content (AvgIpc) is 3.29. The van der Waals surface area contributed by atoms with Crippen LogP contribution in [0, 0.1) is 5.92 Å². The smallest absolute Gasteiger partial charge is 0.277 e. The molecule has 3 heterocycles. The second-order valence-corrected chi connectivity index (χ2v) is 10.9. The Morgan fingerprint density at radius 1 is 1.00 bits per heavy atom. The highest BCUT2D eigenvalue weighted by Gasteiger charge is 2.35. The minimum Gasteiger partial charge on any atom is -0.311 e. The second-order valence-electron chi connectivity index (χ2n) is 10.0. The summed E-state index contributed by atoms with van der Waals surface area (Å²) in [6, 6.07) is 1.43. The molecule has 2 saturated heterocycles. The molecular weight excluding hydrogens is 390 g/mol. The van der Waals surface area contributed by atoms with Crippen LogP contribution in [-0.4, -0.2) is 45.9 Å². The number of allylic oxidation sites excluding steroid dienone is 2. The van der Waals surface area contributed by atoms with Crippen molar-refractivity contribution < 1.29 is 4.79 Å². The van der Waals surface area contributed by atoms with E-state index in [4.69, 9.17) is 4.98 Å². The van der Waals surface area contributed by atoms with Gasteiger partial charge in [0.1, 0.15) is 5.69 Å². The summed E-state index contributed by atoms with van der Waals surface area (Å²) in [5.74, 6) is 1.26. The van der Waals surface area contributed by atoms with Gasteiger partial charge in [-0.2, -0.15) is 0 Å². The van der Waals surface area contributed by atoms with E-state index in [1.807, 2.05) is 5.38 Å². The van der Waals surface area contributed by atoms with Crippen LogP contribution in [0.5, 0.6) is 0 Å². The zero-order valence-corrected chi connectivity index (χ0v) is 19.3. The minimum atomic E-state index is 0.142. The number of nitrogens with zero attached hydrogens (tertiary/aromatic N) is 3. The first-order chi connectivity index (χ1) is 14.7. The molecule has 1 saturated carbocycles. The highest BCUT2D eigenvalue weighted by molar-refractivity contribution is 7.09. The molecule has 3 atom stereocenters. The molecule has 3 fully saturated rings. The summed E-state index contributed by atoms with van der Waals surface area (Å²) in [6.45, 7) is 4.47. The van der Waals surface area contributed by atoms with Gasteiger partial charge in [-0.1, -0.05) is 25.3 Å². The van der Waals surface area contributed by atoms with Crippen molar-refractivity contribution in [3.8, 4) is 0 Å². The quantitative estimate of drug-likeness (QED) is 0.597. The first-order valence-electron chi connectivity index (χ1n) is 12.4. The molecule has 1 amide bonds. The summed E-state index contributed by atoms with van der Waals surface area (Å²) >= 11 is 1.72. The predicted molar refractivity (Wildman–Crippen MR) is 123 cm³/mol. The van der Waals surface area contributed by atoms with E-state index in [1.54, 1.807) is 11.3 Å². The molecule has 4 aliphatic rings. The van der Waals surface area contributed by atoms with E-state index in [-0.39, 0.29) is 5.91 Å². The average molecular weight is 428 g/mol. The van der Waals surface area contributed by atoms with Crippen LogP contribution < -0.4 is 0 Å². The highest BCUT2D eigenvalue weighted by Crippen LogP contribution is 2.38. The number of likely N-dealkylation sites (tertiary alicyclic amines) is 2. The first-order valence-corrected chi connectivity index (χ1v) is 13.3. The van der Waals surface area contributed by atoms with E-state index in [2.05, 4.69) is 22.8 Å². The van der Waals surface area contributed by atoms with Gasteiger partial charge in [-0.15, -0.1) is 11.3 Å². The van der Waals surface area contributed by atoms with Crippen molar-refractivity contribution in [1.82, 2.24) is 14.8 Å². The Kier molecular flexibility index (Phi) is 6.29. The fourth-order valence-corrected chi connectivity index (χ4v) is 7.42. The first kappa shape index (κ1) is 20.7. The molecule has 30 heavy (non-hydrogen) atoms. The predicted octanol–water partition coefficient (Wildman–Crippen LogP) is 5.96. The van der Waals surface area contributed by atoms with Crippen LogP contribution >= 0.6 is 11.3 Å². The molecular formula is C25H37N3OS. The molecule has 2 aliphatic carbocycles. The van der Waals surface area contributed by atoms with Crippen LogP contribution in [-0.2, 0) is 0 Å². The number of rotatable bonds is 3. The minimum absolute atomic E-state index is 0.142. The van der Waals surface area contributed by atoms with Crippen LogP contribution in [0.3, 0.4) is 0 Å². The van der Waals surface area contributed by atoms with Gasteiger partial charge < -0.3 is 4.90 Å². The summed E-state index contributed by atoms with van der Waals surface area (Å²) in [5.41, 5.74) is 1.98. The standard InChI is InChI=1S/C25H37N3OS/c1-18-16-20(13-15-27(18)21-10-3-2-4-11-21)24-26-22(17-30-24)25(29)28-14-7-9-19-8-5-6-12-23(19)28/h12,17-21H,2-11,13-16H2,1H3. The van der Waals surface area contributed by atoms with Crippen LogP contribution in [0.2, 0.25) is 0 Å². The Morgan fingerprint density at radius 2 is 1.83 bits per heavy atom. The van der Waals surface area contributed by atoms with Crippen molar-refractivity contribution in [1.29, 1.82) is 0 Å². The second kappa shape index (κ2) is 9.12. The van der Waals surface area contributed by atoms with E-state index in [0.29, 0.717) is 23.6 Å². The summed E-state index contributed by atoms with van der Waals surface area (Å²) in [7, 11) is 0. The number of fused-ring (bicyclic) bond motifs is 1. The maximum Gasteiger partial charge on any atom is 0.277 e. The highest BCUT2D eigenvalue weighted by atomic mass is 32.1. The van der Waals surface area contributed by atoms with E-state index >= 15 is 0 Å². The van der Waals surface area contributed by atoms with E-state index in [1.165, 1.54) is 81.5 Å². The van der Waals surface area contributed by atoms with Gasteiger partial charge in [0.25, 0.3) is 5.91 Å². The van der Waals surface area contributed by atoms with E-state index in [0.717, 1.165) is 25.4 Å². The van der Waals surface area contributed by atoms with Crippen LogP contribution in [0.15, 0.2) is 17.2 Å². The van der Waals surface area contributed by atoms with Gasteiger partial charge in [-0.05, 0) is 77.2 Å². The van der Waals surface area contributed by atoms with Gasteiger partial charge in [-0.25, -0.2) is 4.98 Å². The van der Waals surface area contributed by atoms with E-state index in [9.17, 15) is 4.79 Å². The lowest BCUT2D eigenvalue weighted by Crippen LogP contribution is -2.47. The Hall–Kier alpha value is -1.20. The summed E-state index contributed by atoms with van der Waals surface area (Å²) in [6.07, 6.45) is 17.7. The van der Waals surface area contributed by atoms with Gasteiger partial charge in [0.2, 0.25) is 0 Å². The molecule has 1 aromatic heterocycles. The van der Waals surface area contributed by atoms with Crippen molar-refractivity contribution in [2.45, 2.75) is 102 Å². The number of piperidine rings is 2. The Bertz CT molecular complexity index is 781. The third-order valence-corrected chi connectivity index (χ3v) is 9.09. The molecule has 3 unspecified atom stereocenters. The van der Waals surface area contributed by atoms with E-state index < -0.39 is 0 Å². The molecule has 5 heteroatoms. The zero-order chi connectivity index (χ0) is 20.5. The number of hydrogen-bond donors (Lipinski definition) is 0. The molecule has 0 aromatic carbocycles. The fraction of sp³-hybridized carbons (Fsp3) is 0.760. The number of carbonyl (C=O) groups excluding carboxylic acids is 1. The van der Waals surface area contributed by atoms with Crippen LogP contribution in [0.1, 0.15) is 105 Å². The van der Waals surface area contributed by atoms with Crippen molar-refractivity contribution in [3.05, 3.63) is 27.9 Å². The lowest BCUT2D eigenvalue weighted by atomic mass is 9.85. The summed E-state index contributed by atoms with van der Waals surface area (Å²) in [4.78, 5) is 23.0. The van der Waals surface area contributed by atoms with Gasteiger partial charge in [-0.3, -0.25) is 9.69 Å². The van der Waals surface area contributed by atoms with Crippen molar-refractivity contribution in [2.75, 3.05) is 13.1 Å². The molecule has 4 nitrogen and oxygen atoms in total. The lowest BCUT2D eigenvalue weighted by molar-refractivity contribution is 0.0726. The monoisotopic (exact) mass is 427 g/mol. The molecule has 1 aromatic rings. The SMILES string of the molecule is CC1CC(c2nc(C(=O)N3CCCC4CCCC=C43)cs2)CCN1C1CCCCC1. The molecule has 0 bridgehead atoms. The number of hydrogen-bond acceptors (Lipinski definition) is 4. The summed E-state index contributed by atoms with van der Waals surface area (Å²) in [5, 5.41) is 3.22. The Balaban J connectivity index is 1.24. The van der Waals surface area contributed by atoms with Gasteiger partial charge in [0.15, 0.2) is 0 Å². The molecule has 0 radical (unpaired) electrons. The van der Waals surface area contributed by atoms with Crippen molar-refractivity contribution in [3.63, 3.8) is 0 Å². The fourth-order valence-electron chi connectivity index (χ4n) is 6.48. The number of aromatic nitrogens is 1. The third-order valence-electron chi connectivity index (χ3n) is 8.08. The molecule has 164 valence electrons. The van der Waals surface area contributed by atoms with Crippen molar-refractivity contribution >= 4 is 17.2 Å². The van der Waals surface area contributed by atoms with Crippen LogP contribution in [0.4, 0.5) is 0 Å². The number of thiazole rings is 1. The number of amides is 1. The molecule has 2 aliphatic heterocycles. The van der Waals surface area contributed by atoms with Gasteiger partial charge >= 0.3 is 0 Å². The largest absolute Gasteiger partial charge is 0.311 e.